The van der Waals surface area contributed by atoms with E-state index in [4.69, 9.17) is 11.6 Å². The zero-order valence-corrected chi connectivity index (χ0v) is 14.1. The second-order valence-corrected chi connectivity index (χ2v) is 6.20. The van der Waals surface area contributed by atoms with Gasteiger partial charge in [-0.05, 0) is 54.0 Å². The first-order valence-corrected chi connectivity index (χ1v) is 7.99. The maximum atomic E-state index is 13.3. The Kier molecular flexibility index (Phi) is 4.49. The summed E-state index contributed by atoms with van der Waals surface area (Å²) in [5.74, 6) is -0.147. The number of hydrogen-bond acceptors (Lipinski definition) is 2. The van der Waals surface area contributed by atoms with Crippen molar-refractivity contribution in [1.82, 2.24) is 9.61 Å². The molecule has 2 heterocycles. The van der Waals surface area contributed by atoms with Crippen molar-refractivity contribution in [1.29, 1.82) is 0 Å². The van der Waals surface area contributed by atoms with Crippen molar-refractivity contribution >= 4 is 29.5 Å². The number of allylic oxidation sites excluding steroid dienone is 1. The van der Waals surface area contributed by atoms with Gasteiger partial charge in [0.2, 0.25) is 0 Å². The average molecular weight is 343 g/mol. The highest BCUT2D eigenvalue weighted by molar-refractivity contribution is 6.34. The van der Waals surface area contributed by atoms with Gasteiger partial charge in [0.25, 0.3) is 0 Å². The van der Waals surface area contributed by atoms with Gasteiger partial charge in [0.1, 0.15) is 12.1 Å². The number of carbonyl (C=O) groups is 1. The van der Waals surface area contributed by atoms with E-state index in [1.807, 2.05) is 0 Å². The quantitative estimate of drug-likeness (QED) is 0.486. The smallest absolute Gasteiger partial charge is 0.142 e. The second-order valence-electron chi connectivity index (χ2n) is 5.79. The topological polar surface area (TPSA) is 34.4 Å². The lowest BCUT2D eigenvalue weighted by Gasteiger charge is -2.17. The van der Waals surface area contributed by atoms with Crippen LogP contribution in [-0.2, 0) is 4.79 Å². The summed E-state index contributed by atoms with van der Waals surface area (Å²) in [5.41, 5.74) is 4.09. The van der Waals surface area contributed by atoms with Gasteiger partial charge in [-0.25, -0.2) is 8.91 Å². The van der Waals surface area contributed by atoms with Crippen molar-refractivity contribution in [2.24, 2.45) is 0 Å². The van der Waals surface area contributed by atoms with E-state index in [9.17, 15) is 9.18 Å². The SMILES string of the molecule is CC(C)c1c(/C=C/C=O)c(-c2ccc(F)cc2)nn2ccc(Cl)c12. The van der Waals surface area contributed by atoms with Crippen molar-refractivity contribution in [3.8, 4) is 11.3 Å². The molecule has 0 spiro atoms. The van der Waals surface area contributed by atoms with Gasteiger partial charge in [-0.3, -0.25) is 4.79 Å². The third-order valence-corrected chi connectivity index (χ3v) is 4.17. The van der Waals surface area contributed by atoms with E-state index in [1.54, 1.807) is 35.0 Å². The van der Waals surface area contributed by atoms with Gasteiger partial charge in [0.05, 0.1) is 16.2 Å². The third kappa shape index (κ3) is 2.85. The minimum absolute atomic E-state index is 0.161. The Morgan fingerprint density at radius 1 is 1.21 bits per heavy atom. The largest absolute Gasteiger partial charge is 0.299 e. The number of hydrogen-bond donors (Lipinski definition) is 0. The van der Waals surface area contributed by atoms with Crippen LogP contribution in [0.4, 0.5) is 4.39 Å². The maximum Gasteiger partial charge on any atom is 0.142 e. The summed E-state index contributed by atoms with van der Waals surface area (Å²) in [4.78, 5) is 10.8. The Hall–Kier alpha value is -2.46. The van der Waals surface area contributed by atoms with Crippen LogP contribution in [0.5, 0.6) is 0 Å². The number of aromatic nitrogens is 2. The summed E-state index contributed by atoms with van der Waals surface area (Å²) in [6.07, 6.45) is 5.69. The summed E-state index contributed by atoms with van der Waals surface area (Å²) in [5, 5.41) is 5.24. The number of nitrogens with zero attached hydrogens (tertiary/aromatic N) is 2. The Labute approximate surface area is 144 Å². The lowest BCUT2D eigenvalue weighted by atomic mass is 9.93. The molecule has 0 aliphatic carbocycles. The van der Waals surface area contributed by atoms with Crippen molar-refractivity contribution in [2.75, 3.05) is 0 Å². The highest BCUT2D eigenvalue weighted by Crippen LogP contribution is 2.35. The molecule has 3 nitrogen and oxygen atoms in total. The number of halogens is 2. The van der Waals surface area contributed by atoms with Crippen LogP contribution in [0.1, 0.15) is 30.9 Å². The Balaban J connectivity index is 2.41. The maximum absolute atomic E-state index is 13.3. The van der Waals surface area contributed by atoms with E-state index >= 15 is 0 Å². The van der Waals surface area contributed by atoms with Gasteiger partial charge in [-0.2, -0.15) is 5.10 Å². The van der Waals surface area contributed by atoms with Crippen molar-refractivity contribution in [3.63, 3.8) is 0 Å². The normalized spacial score (nSPS) is 11.7. The van der Waals surface area contributed by atoms with Crippen LogP contribution in [0.2, 0.25) is 5.02 Å². The highest BCUT2D eigenvalue weighted by Gasteiger charge is 2.19. The van der Waals surface area contributed by atoms with Crippen LogP contribution >= 0.6 is 11.6 Å². The molecule has 5 heteroatoms. The molecule has 3 rings (SSSR count). The summed E-state index contributed by atoms with van der Waals surface area (Å²) in [6.45, 7) is 4.12. The Morgan fingerprint density at radius 3 is 2.54 bits per heavy atom. The molecule has 0 radical (unpaired) electrons. The summed E-state index contributed by atoms with van der Waals surface area (Å²) in [6, 6.07) is 7.93. The number of carbonyl (C=O) groups excluding carboxylic acids is 1. The monoisotopic (exact) mass is 342 g/mol. The van der Waals surface area contributed by atoms with E-state index in [2.05, 4.69) is 18.9 Å². The number of benzene rings is 1. The first kappa shape index (κ1) is 16.4. The zero-order valence-electron chi connectivity index (χ0n) is 13.3. The molecule has 0 atom stereocenters. The van der Waals surface area contributed by atoms with Gasteiger partial charge in [-0.1, -0.05) is 25.4 Å². The fourth-order valence-electron chi connectivity index (χ4n) is 2.86. The molecule has 0 saturated carbocycles. The predicted molar refractivity (Wildman–Crippen MR) is 94.8 cm³/mol. The molecule has 1 aromatic carbocycles. The molecule has 0 bridgehead atoms. The zero-order chi connectivity index (χ0) is 17.3. The molecule has 0 unspecified atom stereocenters. The fourth-order valence-corrected chi connectivity index (χ4v) is 3.11. The van der Waals surface area contributed by atoms with Gasteiger partial charge < -0.3 is 0 Å². The van der Waals surface area contributed by atoms with Crippen LogP contribution in [0.3, 0.4) is 0 Å². The van der Waals surface area contributed by atoms with Crippen LogP contribution in [0.15, 0.2) is 42.6 Å². The van der Waals surface area contributed by atoms with Crippen LogP contribution < -0.4 is 0 Å². The number of fused-ring (bicyclic) bond motifs is 1. The highest BCUT2D eigenvalue weighted by atomic mass is 35.5. The van der Waals surface area contributed by atoms with Crippen LogP contribution in [0, 0.1) is 5.82 Å². The standard InChI is InChI=1S/C19H16ClFN2O/c1-12(2)17-15(4-3-11-24)18(13-5-7-14(21)8-6-13)22-23-10-9-16(20)19(17)23/h3-12H,1-2H3/b4-3+. The molecule has 0 N–H and O–H groups in total. The lowest BCUT2D eigenvalue weighted by Crippen LogP contribution is -2.05. The van der Waals surface area contributed by atoms with E-state index in [0.29, 0.717) is 10.7 Å². The molecule has 0 amide bonds. The molecular formula is C19H16ClFN2O. The van der Waals surface area contributed by atoms with Gasteiger partial charge in [0.15, 0.2) is 0 Å². The molecule has 24 heavy (non-hydrogen) atoms. The molecular weight excluding hydrogens is 327 g/mol. The van der Waals surface area contributed by atoms with Crippen molar-refractivity contribution in [3.05, 3.63) is 64.6 Å². The summed E-state index contributed by atoms with van der Waals surface area (Å²) in [7, 11) is 0. The molecule has 122 valence electrons. The van der Waals surface area contributed by atoms with Crippen molar-refractivity contribution in [2.45, 2.75) is 19.8 Å². The molecule has 0 aliphatic heterocycles. The Morgan fingerprint density at radius 2 is 1.92 bits per heavy atom. The molecule has 2 aromatic heterocycles. The second kappa shape index (κ2) is 6.57. The lowest BCUT2D eigenvalue weighted by molar-refractivity contribution is -0.104. The fraction of sp³-hybridized carbons (Fsp3) is 0.158. The van der Waals surface area contributed by atoms with Crippen LogP contribution in [-0.4, -0.2) is 15.9 Å². The van der Waals surface area contributed by atoms with Gasteiger partial charge in [0, 0.05) is 17.3 Å². The van der Waals surface area contributed by atoms with E-state index in [1.165, 1.54) is 18.2 Å². The van der Waals surface area contributed by atoms with E-state index < -0.39 is 0 Å². The summed E-state index contributed by atoms with van der Waals surface area (Å²) < 4.78 is 15.0. The van der Waals surface area contributed by atoms with Gasteiger partial charge in [-0.15, -0.1) is 0 Å². The minimum Gasteiger partial charge on any atom is -0.299 e. The average Bonchev–Trinajstić information content (AvgIpc) is 2.93. The first-order valence-electron chi connectivity index (χ1n) is 7.61. The van der Waals surface area contributed by atoms with Crippen molar-refractivity contribution < 1.29 is 9.18 Å². The van der Waals surface area contributed by atoms with Crippen LogP contribution in [0.25, 0.3) is 22.9 Å². The number of rotatable bonds is 4. The van der Waals surface area contributed by atoms with Gasteiger partial charge >= 0.3 is 0 Å². The van der Waals surface area contributed by atoms with E-state index in [0.717, 1.165) is 28.5 Å². The molecule has 0 fully saturated rings. The Bertz CT molecular complexity index is 927. The minimum atomic E-state index is -0.307. The third-order valence-electron chi connectivity index (χ3n) is 3.86. The number of aldehydes is 1. The molecule has 0 aliphatic rings. The summed E-state index contributed by atoms with van der Waals surface area (Å²) >= 11 is 6.34. The first-order chi connectivity index (χ1) is 11.5. The molecule has 0 saturated heterocycles. The van der Waals surface area contributed by atoms with E-state index in [-0.39, 0.29) is 11.7 Å². The predicted octanol–water partition coefficient (Wildman–Crippen LogP) is 5.13. The molecule has 3 aromatic rings.